The molecule has 0 aliphatic heterocycles. The van der Waals surface area contributed by atoms with Crippen LogP contribution in [0.4, 0.5) is 0 Å². The Kier molecular flexibility index (Phi) is 3.28. The highest BCUT2D eigenvalue weighted by Crippen LogP contribution is 2.32. The van der Waals surface area contributed by atoms with Crippen molar-refractivity contribution in [2.45, 2.75) is 4.90 Å². The van der Waals surface area contributed by atoms with Crippen LogP contribution >= 0.6 is 35.0 Å². The predicted molar refractivity (Wildman–Crippen MR) is 53.0 cm³/mol. The summed E-state index contributed by atoms with van der Waals surface area (Å²) < 4.78 is 0. The molecule has 12 heavy (non-hydrogen) atoms. The minimum absolute atomic E-state index is 0.352. The molecular weight excluding hydrogens is 213 g/mol. The van der Waals surface area contributed by atoms with Crippen molar-refractivity contribution in [3.8, 4) is 6.07 Å². The Bertz CT molecular complexity index is 344. The topological polar surface area (TPSA) is 23.8 Å². The van der Waals surface area contributed by atoms with E-state index < -0.39 is 0 Å². The van der Waals surface area contributed by atoms with Crippen LogP contribution in [-0.4, -0.2) is 6.26 Å². The number of rotatable bonds is 1. The maximum absolute atomic E-state index is 8.69. The van der Waals surface area contributed by atoms with Gasteiger partial charge >= 0.3 is 0 Å². The molecule has 0 saturated heterocycles. The van der Waals surface area contributed by atoms with Crippen molar-refractivity contribution in [3.05, 3.63) is 27.7 Å². The van der Waals surface area contributed by atoms with Crippen molar-refractivity contribution in [2.24, 2.45) is 0 Å². The van der Waals surface area contributed by atoms with Crippen molar-refractivity contribution in [1.29, 1.82) is 5.26 Å². The molecule has 0 aliphatic rings. The van der Waals surface area contributed by atoms with E-state index in [1.165, 1.54) is 11.8 Å². The quantitative estimate of drug-likeness (QED) is 0.672. The maximum Gasteiger partial charge on any atom is 0.102 e. The van der Waals surface area contributed by atoms with Gasteiger partial charge in [-0.2, -0.15) is 5.26 Å². The Labute approximate surface area is 85.3 Å². The zero-order chi connectivity index (χ0) is 9.14. The van der Waals surface area contributed by atoms with Crippen molar-refractivity contribution in [3.63, 3.8) is 0 Å². The Hall–Kier alpha value is -0.360. The van der Waals surface area contributed by atoms with Gasteiger partial charge in [0.2, 0.25) is 0 Å². The van der Waals surface area contributed by atoms with Crippen LogP contribution in [0, 0.1) is 11.3 Å². The number of hydrogen-bond acceptors (Lipinski definition) is 2. The Morgan fingerprint density at radius 1 is 1.42 bits per heavy atom. The molecule has 0 aliphatic carbocycles. The fraction of sp³-hybridized carbons (Fsp3) is 0.125. The fourth-order valence-electron chi connectivity index (χ4n) is 0.794. The summed E-state index contributed by atoms with van der Waals surface area (Å²) in [6.07, 6.45) is 1.90. The van der Waals surface area contributed by atoms with Crippen molar-refractivity contribution in [2.75, 3.05) is 6.26 Å². The van der Waals surface area contributed by atoms with Crippen molar-refractivity contribution < 1.29 is 0 Å². The summed E-state index contributed by atoms with van der Waals surface area (Å²) in [5.74, 6) is 0. The summed E-state index contributed by atoms with van der Waals surface area (Å²) in [6.45, 7) is 0. The van der Waals surface area contributed by atoms with Crippen molar-refractivity contribution in [1.82, 2.24) is 0 Å². The number of nitrogens with zero attached hydrogens (tertiary/aromatic N) is 1. The summed E-state index contributed by atoms with van der Waals surface area (Å²) in [5, 5.41) is 9.54. The second kappa shape index (κ2) is 4.04. The van der Waals surface area contributed by atoms with E-state index in [4.69, 9.17) is 28.5 Å². The summed E-state index contributed by atoms with van der Waals surface area (Å²) in [6, 6.07) is 5.44. The molecule has 0 atom stereocenters. The fourth-order valence-corrected chi connectivity index (χ4v) is 1.97. The maximum atomic E-state index is 8.69. The van der Waals surface area contributed by atoms with Crippen LogP contribution in [0.1, 0.15) is 5.56 Å². The number of hydrogen-bond donors (Lipinski definition) is 0. The molecule has 0 amide bonds. The lowest BCUT2D eigenvalue weighted by atomic mass is 10.2. The number of halogens is 2. The van der Waals surface area contributed by atoms with Gasteiger partial charge in [0.1, 0.15) is 6.07 Å². The zero-order valence-electron chi connectivity index (χ0n) is 6.27. The minimum atomic E-state index is 0.352. The third-order valence-corrected chi connectivity index (χ3v) is 2.99. The Balaban J connectivity index is 3.36. The molecule has 0 fully saturated rings. The third kappa shape index (κ3) is 1.69. The predicted octanol–water partition coefficient (Wildman–Crippen LogP) is 3.59. The number of nitriles is 1. The van der Waals surface area contributed by atoms with Gasteiger partial charge in [-0.1, -0.05) is 23.2 Å². The van der Waals surface area contributed by atoms with Crippen LogP contribution in [0.2, 0.25) is 10.0 Å². The first-order valence-corrected chi connectivity index (χ1v) is 5.11. The molecule has 0 spiro atoms. The molecule has 1 aromatic rings. The number of thioether (sulfide) groups is 1. The van der Waals surface area contributed by atoms with E-state index in [0.29, 0.717) is 15.6 Å². The van der Waals surface area contributed by atoms with Gasteiger partial charge in [-0.3, -0.25) is 0 Å². The van der Waals surface area contributed by atoms with E-state index in [1.807, 2.05) is 12.3 Å². The van der Waals surface area contributed by atoms with Gasteiger partial charge in [0.15, 0.2) is 0 Å². The first kappa shape index (κ1) is 9.73. The van der Waals surface area contributed by atoms with E-state index in [-0.39, 0.29) is 0 Å². The molecule has 1 rings (SSSR count). The zero-order valence-corrected chi connectivity index (χ0v) is 8.59. The first-order valence-electron chi connectivity index (χ1n) is 3.12. The highest BCUT2D eigenvalue weighted by molar-refractivity contribution is 7.98. The normalized spacial score (nSPS) is 9.50. The molecule has 4 heteroatoms. The van der Waals surface area contributed by atoms with Crippen LogP contribution in [0.25, 0.3) is 0 Å². The lowest BCUT2D eigenvalue weighted by Gasteiger charge is -2.02. The van der Waals surface area contributed by atoms with Crippen LogP contribution in [-0.2, 0) is 0 Å². The molecule has 0 unspecified atom stereocenters. The Morgan fingerprint density at radius 2 is 2.08 bits per heavy atom. The molecule has 1 aromatic carbocycles. The van der Waals surface area contributed by atoms with Gasteiger partial charge in [-0.25, -0.2) is 0 Å². The summed E-state index contributed by atoms with van der Waals surface area (Å²) in [7, 11) is 0. The second-order valence-corrected chi connectivity index (χ2v) is 3.68. The van der Waals surface area contributed by atoms with Gasteiger partial charge in [0, 0.05) is 4.90 Å². The van der Waals surface area contributed by atoms with Gasteiger partial charge in [0.25, 0.3) is 0 Å². The SMILES string of the molecule is CSc1ccc(Cl)c(C#N)c1Cl. The molecule has 1 nitrogen and oxygen atoms in total. The molecule has 0 heterocycles. The van der Waals surface area contributed by atoms with Crippen molar-refractivity contribution >= 4 is 35.0 Å². The highest BCUT2D eigenvalue weighted by Gasteiger charge is 2.08. The minimum Gasteiger partial charge on any atom is -0.192 e. The van der Waals surface area contributed by atoms with E-state index >= 15 is 0 Å². The average Bonchev–Trinajstić information content (AvgIpc) is 2.06. The molecule has 62 valence electrons. The van der Waals surface area contributed by atoms with Crippen LogP contribution in [0.3, 0.4) is 0 Å². The van der Waals surface area contributed by atoms with Gasteiger partial charge in [-0.15, -0.1) is 11.8 Å². The molecule has 0 N–H and O–H groups in total. The lowest BCUT2D eigenvalue weighted by molar-refractivity contribution is 1.41. The molecule has 0 radical (unpaired) electrons. The van der Waals surface area contributed by atoms with E-state index in [0.717, 1.165) is 4.90 Å². The molecule has 0 saturated carbocycles. The first-order chi connectivity index (χ1) is 5.70. The van der Waals surface area contributed by atoms with Gasteiger partial charge in [0.05, 0.1) is 15.6 Å². The summed E-state index contributed by atoms with van der Waals surface area (Å²) in [5.41, 5.74) is 0.352. The standard InChI is InChI=1S/C8H5Cl2NS/c1-12-7-3-2-6(9)5(4-11)8(7)10/h2-3H,1H3. The largest absolute Gasteiger partial charge is 0.192 e. The molecular formula is C8H5Cl2NS. The van der Waals surface area contributed by atoms with E-state index in [9.17, 15) is 0 Å². The van der Waals surface area contributed by atoms with E-state index in [2.05, 4.69) is 0 Å². The number of benzene rings is 1. The summed E-state index contributed by atoms with van der Waals surface area (Å²) in [4.78, 5) is 0.873. The molecule has 0 bridgehead atoms. The summed E-state index contributed by atoms with van der Waals surface area (Å²) >= 11 is 13.1. The van der Waals surface area contributed by atoms with Crippen LogP contribution < -0.4 is 0 Å². The smallest absolute Gasteiger partial charge is 0.102 e. The Morgan fingerprint density at radius 3 is 2.58 bits per heavy atom. The van der Waals surface area contributed by atoms with Gasteiger partial charge < -0.3 is 0 Å². The highest BCUT2D eigenvalue weighted by atomic mass is 35.5. The second-order valence-electron chi connectivity index (χ2n) is 2.05. The average molecular weight is 218 g/mol. The monoisotopic (exact) mass is 217 g/mol. The third-order valence-electron chi connectivity index (χ3n) is 1.39. The lowest BCUT2D eigenvalue weighted by Crippen LogP contribution is -1.82. The van der Waals surface area contributed by atoms with Gasteiger partial charge in [-0.05, 0) is 18.4 Å². The van der Waals surface area contributed by atoms with E-state index in [1.54, 1.807) is 12.1 Å². The molecule has 0 aromatic heterocycles. The van der Waals surface area contributed by atoms with Crippen LogP contribution in [0.5, 0.6) is 0 Å². The van der Waals surface area contributed by atoms with Crippen LogP contribution in [0.15, 0.2) is 17.0 Å².